The Morgan fingerprint density at radius 2 is 2.00 bits per heavy atom. The fourth-order valence-electron chi connectivity index (χ4n) is 1.92. The number of benzene rings is 2. The molecule has 0 amide bonds. The predicted octanol–water partition coefficient (Wildman–Crippen LogP) is 3.90. The SMILES string of the molecule is O=c1oc2ccccc2nc1C=C(O)c1cccc(Cl)c1. The number of hydrogen-bond acceptors (Lipinski definition) is 4. The second kappa shape index (κ2) is 5.42. The molecule has 1 aromatic heterocycles. The van der Waals surface area contributed by atoms with Crippen LogP contribution in [0.5, 0.6) is 0 Å². The number of rotatable bonds is 2. The summed E-state index contributed by atoms with van der Waals surface area (Å²) in [6, 6.07) is 13.6. The van der Waals surface area contributed by atoms with Crippen LogP contribution >= 0.6 is 11.6 Å². The Hall–Kier alpha value is -2.59. The van der Waals surface area contributed by atoms with E-state index in [0.717, 1.165) is 0 Å². The van der Waals surface area contributed by atoms with E-state index in [-0.39, 0.29) is 11.5 Å². The fraction of sp³-hybridized carbons (Fsp3) is 0. The molecule has 0 spiro atoms. The van der Waals surface area contributed by atoms with Crippen LogP contribution < -0.4 is 5.63 Å². The highest BCUT2D eigenvalue weighted by atomic mass is 35.5. The summed E-state index contributed by atoms with van der Waals surface area (Å²) in [5.41, 5.74) is 0.870. The highest BCUT2D eigenvalue weighted by molar-refractivity contribution is 6.30. The standard InChI is InChI=1S/C16H10ClNO3/c17-11-5-3-4-10(8-11)14(19)9-13-16(20)21-15-7-2-1-6-12(15)18-13/h1-9,19H. The molecule has 104 valence electrons. The monoisotopic (exact) mass is 299 g/mol. The average molecular weight is 300 g/mol. The highest BCUT2D eigenvalue weighted by Crippen LogP contribution is 2.18. The molecule has 4 nitrogen and oxygen atoms in total. The number of hydrogen-bond donors (Lipinski definition) is 1. The largest absolute Gasteiger partial charge is 0.507 e. The molecular formula is C16H10ClNO3. The van der Waals surface area contributed by atoms with Crippen LogP contribution in [0.1, 0.15) is 11.3 Å². The number of para-hydroxylation sites is 2. The first-order chi connectivity index (χ1) is 10.1. The molecule has 0 saturated carbocycles. The molecule has 0 aliphatic carbocycles. The molecule has 1 N–H and O–H groups in total. The number of aliphatic hydroxyl groups excluding tert-OH is 1. The Morgan fingerprint density at radius 3 is 2.81 bits per heavy atom. The van der Waals surface area contributed by atoms with Crippen molar-refractivity contribution >= 4 is 34.5 Å². The molecule has 1 heterocycles. The Morgan fingerprint density at radius 1 is 1.19 bits per heavy atom. The Labute approximate surface area is 124 Å². The predicted molar refractivity (Wildman–Crippen MR) is 82.2 cm³/mol. The lowest BCUT2D eigenvalue weighted by Crippen LogP contribution is -2.06. The molecule has 0 aliphatic heterocycles. The van der Waals surface area contributed by atoms with Gasteiger partial charge in [-0.05, 0) is 24.3 Å². The highest BCUT2D eigenvalue weighted by Gasteiger charge is 2.07. The number of aromatic nitrogens is 1. The van der Waals surface area contributed by atoms with Crippen LogP contribution in [-0.2, 0) is 0 Å². The number of nitrogens with zero attached hydrogens (tertiary/aromatic N) is 1. The van der Waals surface area contributed by atoms with Crippen molar-refractivity contribution in [1.82, 2.24) is 4.98 Å². The van der Waals surface area contributed by atoms with E-state index in [1.807, 2.05) is 0 Å². The van der Waals surface area contributed by atoms with E-state index in [1.165, 1.54) is 6.08 Å². The van der Waals surface area contributed by atoms with E-state index < -0.39 is 5.63 Å². The minimum atomic E-state index is -0.609. The molecule has 2 aromatic carbocycles. The van der Waals surface area contributed by atoms with Gasteiger partial charge in [-0.2, -0.15) is 0 Å². The summed E-state index contributed by atoms with van der Waals surface area (Å²) >= 11 is 5.87. The number of fused-ring (bicyclic) bond motifs is 1. The van der Waals surface area contributed by atoms with Gasteiger partial charge >= 0.3 is 5.63 Å². The summed E-state index contributed by atoms with van der Waals surface area (Å²) in [5.74, 6) is -0.104. The maximum absolute atomic E-state index is 11.9. The molecule has 0 unspecified atom stereocenters. The molecular weight excluding hydrogens is 290 g/mol. The lowest BCUT2D eigenvalue weighted by molar-refractivity contribution is 0.514. The lowest BCUT2D eigenvalue weighted by atomic mass is 10.1. The van der Waals surface area contributed by atoms with Crippen molar-refractivity contribution in [3.63, 3.8) is 0 Å². The molecule has 0 radical (unpaired) electrons. The Kier molecular flexibility index (Phi) is 3.46. The van der Waals surface area contributed by atoms with E-state index in [4.69, 9.17) is 16.0 Å². The second-order valence-corrected chi connectivity index (χ2v) is 4.83. The quantitative estimate of drug-likeness (QED) is 0.729. The van der Waals surface area contributed by atoms with Crippen LogP contribution in [0.4, 0.5) is 0 Å². The van der Waals surface area contributed by atoms with Gasteiger partial charge in [0.1, 0.15) is 11.3 Å². The first-order valence-electron chi connectivity index (χ1n) is 6.20. The van der Waals surface area contributed by atoms with Crippen molar-refractivity contribution in [1.29, 1.82) is 0 Å². The normalized spacial score (nSPS) is 11.8. The van der Waals surface area contributed by atoms with Crippen LogP contribution in [0.15, 0.2) is 57.7 Å². The van der Waals surface area contributed by atoms with Gasteiger partial charge in [-0.15, -0.1) is 0 Å². The third-order valence-corrected chi connectivity index (χ3v) is 3.15. The summed E-state index contributed by atoms with van der Waals surface area (Å²) in [4.78, 5) is 16.0. The van der Waals surface area contributed by atoms with Gasteiger partial charge in [0.05, 0.1) is 0 Å². The minimum Gasteiger partial charge on any atom is -0.507 e. The first kappa shape index (κ1) is 13.4. The third-order valence-electron chi connectivity index (χ3n) is 2.91. The van der Waals surface area contributed by atoms with Crippen molar-refractivity contribution < 1.29 is 9.52 Å². The van der Waals surface area contributed by atoms with Crippen LogP contribution in [0.3, 0.4) is 0 Å². The van der Waals surface area contributed by atoms with E-state index in [0.29, 0.717) is 21.7 Å². The molecule has 0 atom stereocenters. The fourth-order valence-corrected chi connectivity index (χ4v) is 2.11. The van der Waals surface area contributed by atoms with Gasteiger partial charge in [-0.3, -0.25) is 0 Å². The summed E-state index contributed by atoms with van der Waals surface area (Å²) < 4.78 is 5.15. The maximum atomic E-state index is 11.9. The zero-order valence-corrected chi connectivity index (χ0v) is 11.5. The van der Waals surface area contributed by atoms with Crippen molar-refractivity contribution in [3.05, 3.63) is 75.2 Å². The average Bonchev–Trinajstić information content (AvgIpc) is 2.48. The minimum absolute atomic E-state index is 0.0335. The van der Waals surface area contributed by atoms with E-state index in [1.54, 1.807) is 48.5 Å². The van der Waals surface area contributed by atoms with Gasteiger partial charge in [-0.25, -0.2) is 9.78 Å². The zero-order valence-electron chi connectivity index (χ0n) is 10.8. The number of aliphatic hydroxyl groups is 1. The van der Waals surface area contributed by atoms with E-state index >= 15 is 0 Å². The first-order valence-corrected chi connectivity index (χ1v) is 6.58. The van der Waals surface area contributed by atoms with Crippen molar-refractivity contribution in [2.24, 2.45) is 0 Å². The summed E-state index contributed by atoms with van der Waals surface area (Å²) in [5, 5.41) is 10.6. The maximum Gasteiger partial charge on any atom is 0.362 e. The van der Waals surface area contributed by atoms with Gasteiger partial charge in [0.15, 0.2) is 11.3 Å². The van der Waals surface area contributed by atoms with Crippen LogP contribution in [0, 0.1) is 0 Å². The smallest absolute Gasteiger partial charge is 0.362 e. The number of halogens is 1. The molecule has 3 aromatic rings. The molecule has 3 rings (SSSR count). The summed E-state index contributed by atoms with van der Waals surface area (Å²) in [6.07, 6.45) is 1.27. The van der Waals surface area contributed by atoms with E-state index in [9.17, 15) is 9.90 Å². The van der Waals surface area contributed by atoms with Gasteiger partial charge < -0.3 is 9.52 Å². The lowest BCUT2D eigenvalue weighted by Gasteiger charge is -2.01. The molecule has 0 saturated heterocycles. The van der Waals surface area contributed by atoms with Gasteiger partial charge in [-0.1, -0.05) is 35.9 Å². The Bertz CT molecular complexity index is 899. The zero-order chi connectivity index (χ0) is 14.8. The van der Waals surface area contributed by atoms with Gasteiger partial charge in [0.25, 0.3) is 0 Å². The third kappa shape index (κ3) is 2.80. The molecule has 21 heavy (non-hydrogen) atoms. The van der Waals surface area contributed by atoms with Gasteiger partial charge in [0, 0.05) is 16.7 Å². The van der Waals surface area contributed by atoms with Gasteiger partial charge in [0.2, 0.25) is 0 Å². The molecule has 0 fully saturated rings. The van der Waals surface area contributed by atoms with Crippen LogP contribution in [0.25, 0.3) is 22.9 Å². The molecule has 0 aliphatic rings. The van der Waals surface area contributed by atoms with E-state index in [2.05, 4.69) is 4.98 Å². The molecule has 5 heteroatoms. The van der Waals surface area contributed by atoms with Crippen molar-refractivity contribution in [2.45, 2.75) is 0 Å². The van der Waals surface area contributed by atoms with Crippen LogP contribution in [-0.4, -0.2) is 10.1 Å². The Balaban J connectivity index is 2.10. The molecule has 0 bridgehead atoms. The van der Waals surface area contributed by atoms with Crippen molar-refractivity contribution in [2.75, 3.05) is 0 Å². The topological polar surface area (TPSA) is 63.3 Å². The second-order valence-electron chi connectivity index (χ2n) is 4.39. The summed E-state index contributed by atoms with van der Waals surface area (Å²) in [6.45, 7) is 0. The summed E-state index contributed by atoms with van der Waals surface area (Å²) in [7, 11) is 0. The van der Waals surface area contributed by atoms with Crippen LogP contribution in [0.2, 0.25) is 5.02 Å². The van der Waals surface area contributed by atoms with Crippen molar-refractivity contribution in [3.8, 4) is 0 Å².